The molecular formula is C15H21N5O2S. The minimum Gasteiger partial charge on any atom is -0.348 e. The van der Waals surface area contributed by atoms with Crippen LogP contribution in [0.5, 0.6) is 0 Å². The molecule has 2 aromatic heterocycles. The van der Waals surface area contributed by atoms with Crippen molar-refractivity contribution >= 4 is 27.3 Å². The minimum atomic E-state index is -0.135. The molecule has 2 aromatic rings. The molecule has 1 amide bonds. The van der Waals surface area contributed by atoms with Gasteiger partial charge in [-0.15, -0.1) is 5.10 Å². The normalized spacial score (nSPS) is 14.9. The molecule has 1 aliphatic rings. The standard InChI is InChI=1S/C15H21N5O2S/c1-3-5-11-10-13(22)20-14(16-11)23-15(17-20)18(2)8-9-19-7-4-6-12(19)21/h10H,3-9H2,1-2H3. The smallest absolute Gasteiger partial charge is 0.275 e. The fourth-order valence-electron chi connectivity index (χ4n) is 2.69. The lowest BCUT2D eigenvalue weighted by molar-refractivity contribution is -0.127. The summed E-state index contributed by atoms with van der Waals surface area (Å²) in [6.07, 6.45) is 3.36. The number of aryl methyl sites for hydroxylation is 1. The second-order valence-corrected chi connectivity index (χ2v) is 6.76. The van der Waals surface area contributed by atoms with Gasteiger partial charge in [0, 0.05) is 44.9 Å². The van der Waals surface area contributed by atoms with E-state index in [0.717, 1.165) is 36.6 Å². The largest absolute Gasteiger partial charge is 0.348 e. The number of fused-ring (bicyclic) bond motifs is 1. The molecule has 0 spiro atoms. The molecule has 0 unspecified atom stereocenters. The maximum atomic E-state index is 12.1. The molecule has 0 radical (unpaired) electrons. The average molecular weight is 335 g/mol. The van der Waals surface area contributed by atoms with Crippen LogP contribution in [0.15, 0.2) is 10.9 Å². The average Bonchev–Trinajstić information content (AvgIpc) is 3.12. The highest BCUT2D eigenvalue weighted by Gasteiger charge is 2.20. The van der Waals surface area contributed by atoms with E-state index in [1.54, 1.807) is 6.07 Å². The highest BCUT2D eigenvalue weighted by Crippen LogP contribution is 2.20. The van der Waals surface area contributed by atoms with Crippen molar-refractivity contribution in [3.05, 3.63) is 22.1 Å². The molecule has 0 atom stereocenters. The molecule has 3 rings (SSSR count). The topological polar surface area (TPSA) is 70.8 Å². The summed E-state index contributed by atoms with van der Waals surface area (Å²) in [5.41, 5.74) is 0.682. The maximum Gasteiger partial charge on any atom is 0.275 e. The van der Waals surface area contributed by atoms with E-state index in [2.05, 4.69) is 17.0 Å². The third kappa shape index (κ3) is 3.36. The summed E-state index contributed by atoms with van der Waals surface area (Å²) in [6, 6.07) is 1.56. The number of aromatic nitrogens is 3. The lowest BCUT2D eigenvalue weighted by atomic mass is 10.2. The van der Waals surface area contributed by atoms with E-state index in [1.165, 1.54) is 15.9 Å². The Bertz CT molecular complexity index is 769. The summed E-state index contributed by atoms with van der Waals surface area (Å²) in [5, 5.41) is 5.11. The summed E-state index contributed by atoms with van der Waals surface area (Å²) in [4.78, 5) is 32.8. The van der Waals surface area contributed by atoms with Gasteiger partial charge < -0.3 is 9.80 Å². The maximum absolute atomic E-state index is 12.1. The van der Waals surface area contributed by atoms with Gasteiger partial charge in [0.05, 0.1) is 0 Å². The number of likely N-dealkylation sites (tertiary alicyclic amines) is 1. The van der Waals surface area contributed by atoms with E-state index in [-0.39, 0.29) is 11.5 Å². The Labute approximate surface area is 138 Å². The van der Waals surface area contributed by atoms with Crippen LogP contribution in [0.4, 0.5) is 5.13 Å². The van der Waals surface area contributed by atoms with Crippen molar-refractivity contribution in [1.82, 2.24) is 19.5 Å². The van der Waals surface area contributed by atoms with Crippen LogP contribution in [0.1, 0.15) is 31.9 Å². The predicted octanol–water partition coefficient (Wildman–Crippen LogP) is 1.16. The molecule has 1 saturated heterocycles. The van der Waals surface area contributed by atoms with E-state index in [0.29, 0.717) is 24.5 Å². The number of likely N-dealkylation sites (N-methyl/N-ethyl adjacent to an activating group) is 1. The van der Waals surface area contributed by atoms with Gasteiger partial charge in [-0.2, -0.15) is 4.52 Å². The van der Waals surface area contributed by atoms with Crippen LogP contribution < -0.4 is 10.5 Å². The summed E-state index contributed by atoms with van der Waals surface area (Å²) >= 11 is 1.41. The number of anilines is 1. The van der Waals surface area contributed by atoms with Gasteiger partial charge in [-0.05, 0) is 12.8 Å². The zero-order chi connectivity index (χ0) is 16.4. The van der Waals surface area contributed by atoms with E-state index in [4.69, 9.17) is 0 Å². The van der Waals surface area contributed by atoms with Crippen LogP contribution in [-0.2, 0) is 11.2 Å². The predicted molar refractivity (Wildman–Crippen MR) is 90.2 cm³/mol. The SMILES string of the molecule is CCCc1cc(=O)n2nc(N(C)CCN3CCCC3=O)sc2n1. The molecular weight excluding hydrogens is 314 g/mol. The van der Waals surface area contributed by atoms with Gasteiger partial charge in [0.15, 0.2) is 0 Å². The molecule has 0 aliphatic carbocycles. The molecule has 0 bridgehead atoms. The second kappa shape index (κ2) is 6.66. The van der Waals surface area contributed by atoms with E-state index < -0.39 is 0 Å². The first kappa shape index (κ1) is 15.9. The van der Waals surface area contributed by atoms with Crippen LogP contribution >= 0.6 is 11.3 Å². The molecule has 0 N–H and O–H groups in total. The van der Waals surface area contributed by atoms with Gasteiger partial charge >= 0.3 is 0 Å². The first-order chi connectivity index (χ1) is 11.1. The summed E-state index contributed by atoms with van der Waals surface area (Å²) in [6.45, 7) is 4.29. The Morgan fingerprint density at radius 3 is 2.91 bits per heavy atom. The molecule has 8 heteroatoms. The fraction of sp³-hybridized carbons (Fsp3) is 0.600. The van der Waals surface area contributed by atoms with Crippen molar-refractivity contribution in [2.75, 3.05) is 31.6 Å². The first-order valence-corrected chi connectivity index (χ1v) is 8.79. The molecule has 124 valence electrons. The number of hydrogen-bond donors (Lipinski definition) is 0. The summed E-state index contributed by atoms with van der Waals surface area (Å²) in [5.74, 6) is 0.227. The van der Waals surface area contributed by atoms with Gasteiger partial charge in [-0.1, -0.05) is 24.7 Å². The lowest BCUT2D eigenvalue weighted by Crippen LogP contribution is -2.34. The Balaban J connectivity index is 1.75. The third-order valence-corrected chi connectivity index (χ3v) is 5.02. The van der Waals surface area contributed by atoms with Crippen LogP contribution in [0, 0.1) is 0 Å². The van der Waals surface area contributed by atoms with Gasteiger partial charge in [0.25, 0.3) is 5.56 Å². The van der Waals surface area contributed by atoms with Gasteiger partial charge in [0.2, 0.25) is 16.0 Å². The molecule has 1 fully saturated rings. The van der Waals surface area contributed by atoms with E-state index in [9.17, 15) is 9.59 Å². The van der Waals surface area contributed by atoms with Crippen molar-refractivity contribution in [3.63, 3.8) is 0 Å². The van der Waals surface area contributed by atoms with Crippen molar-refractivity contribution in [2.24, 2.45) is 0 Å². The van der Waals surface area contributed by atoms with Crippen molar-refractivity contribution < 1.29 is 4.79 Å². The minimum absolute atomic E-state index is 0.135. The Kier molecular flexibility index (Phi) is 4.61. The molecule has 0 aromatic carbocycles. The number of hydrogen-bond acceptors (Lipinski definition) is 6. The number of nitrogens with zero attached hydrogens (tertiary/aromatic N) is 5. The van der Waals surface area contributed by atoms with Crippen LogP contribution in [0.2, 0.25) is 0 Å². The number of amides is 1. The highest BCUT2D eigenvalue weighted by molar-refractivity contribution is 7.20. The number of carbonyl (C=O) groups excluding carboxylic acids is 1. The quantitative estimate of drug-likeness (QED) is 0.792. The zero-order valence-corrected chi connectivity index (χ0v) is 14.3. The Morgan fingerprint density at radius 2 is 2.22 bits per heavy atom. The van der Waals surface area contributed by atoms with Gasteiger partial charge in [-0.3, -0.25) is 9.59 Å². The van der Waals surface area contributed by atoms with Crippen LogP contribution in [0.25, 0.3) is 4.96 Å². The molecule has 0 saturated carbocycles. The molecule has 3 heterocycles. The van der Waals surface area contributed by atoms with Crippen molar-refractivity contribution in [2.45, 2.75) is 32.6 Å². The number of carbonyl (C=O) groups is 1. The first-order valence-electron chi connectivity index (χ1n) is 7.97. The summed E-state index contributed by atoms with van der Waals surface area (Å²) in [7, 11) is 1.93. The molecule has 1 aliphatic heterocycles. The van der Waals surface area contributed by atoms with Gasteiger partial charge in [0.1, 0.15) is 0 Å². The van der Waals surface area contributed by atoms with Crippen LogP contribution in [0.3, 0.4) is 0 Å². The summed E-state index contributed by atoms with van der Waals surface area (Å²) < 4.78 is 1.36. The number of rotatable bonds is 6. The Morgan fingerprint density at radius 1 is 1.39 bits per heavy atom. The van der Waals surface area contributed by atoms with E-state index in [1.807, 2.05) is 16.8 Å². The molecule has 23 heavy (non-hydrogen) atoms. The van der Waals surface area contributed by atoms with Gasteiger partial charge in [-0.25, -0.2) is 4.98 Å². The van der Waals surface area contributed by atoms with Crippen molar-refractivity contribution in [3.8, 4) is 0 Å². The fourth-order valence-corrected chi connectivity index (χ4v) is 3.60. The van der Waals surface area contributed by atoms with E-state index >= 15 is 0 Å². The lowest BCUT2D eigenvalue weighted by Gasteiger charge is -2.20. The van der Waals surface area contributed by atoms with Crippen LogP contribution in [-0.4, -0.2) is 52.1 Å². The highest BCUT2D eigenvalue weighted by atomic mass is 32.1. The Hall–Kier alpha value is -1.96. The second-order valence-electron chi connectivity index (χ2n) is 5.82. The van der Waals surface area contributed by atoms with Crippen molar-refractivity contribution in [1.29, 1.82) is 0 Å². The monoisotopic (exact) mass is 335 g/mol. The third-order valence-electron chi connectivity index (χ3n) is 4.00. The molecule has 7 nitrogen and oxygen atoms in total. The zero-order valence-electron chi connectivity index (χ0n) is 13.5.